The molecule has 4 saturated carbocycles. The van der Waals surface area contributed by atoms with E-state index in [9.17, 15) is 9.59 Å². The van der Waals surface area contributed by atoms with E-state index in [2.05, 4.69) is 97.9 Å². The number of rotatable bonds is 5. The van der Waals surface area contributed by atoms with E-state index >= 15 is 0 Å². The van der Waals surface area contributed by atoms with E-state index in [1.54, 1.807) is 0 Å². The lowest BCUT2D eigenvalue weighted by atomic mass is 9.32. The minimum atomic E-state index is -0.382. The summed E-state index contributed by atoms with van der Waals surface area (Å²) in [5, 5.41) is 0. The summed E-state index contributed by atoms with van der Waals surface area (Å²) < 4.78 is 6.23. The molecule has 0 aliphatic heterocycles. The van der Waals surface area contributed by atoms with Crippen molar-refractivity contribution >= 4 is 17.3 Å². The fourth-order valence-electron chi connectivity index (χ4n) is 13.2. The number of ether oxygens (including phenoxy) is 1. The van der Waals surface area contributed by atoms with Crippen LogP contribution in [-0.2, 0) is 20.9 Å². The van der Waals surface area contributed by atoms with Gasteiger partial charge in [0, 0.05) is 5.41 Å². The largest absolute Gasteiger partial charge is 0.460 e. The Hall–Kier alpha value is -2.68. The van der Waals surface area contributed by atoms with Crippen LogP contribution in [0, 0.1) is 69.5 Å². The smallest absolute Gasteiger partial charge is 0.312 e. The Labute approximate surface area is 284 Å². The van der Waals surface area contributed by atoms with Crippen molar-refractivity contribution in [3.63, 3.8) is 0 Å². The van der Waals surface area contributed by atoms with Crippen molar-refractivity contribution in [1.82, 2.24) is 0 Å². The highest BCUT2D eigenvalue weighted by Crippen LogP contribution is 2.77. The average molecular weight is 635 g/mol. The second-order valence-electron chi connectivity index (χ2n) is 18.1. The van der Waals surface area contributed by atoms with Crippen LogP contribution < -0.4 is 0 Å². The number of fused-ring (bicyclic) bond motifs is 7. The first-order chi connectivity index (χ1) is 22.2. The van der Waals surface area contributed by atoms with E-state index in [1.807, 2.05) is 18.2 Å². The number of hydrogen-bond acceptors (Lipinski definition) is 3. The second-order valence-corrected chi connectivity index (χ2v) is 18.1. The molecule has 5 aliphatic carbocycles. The highest BCUT2D eigenvalue weighted by molar-refractivity contribution is 6.04. The molecule has 0 bridgehead atoms. The van der Waals surface area contributed by atoms with Crippen molar-refractivity contribution < 1.29 is 14.3 Å². The number of hydrogen-bond donors (Lipinski definition) is 0. The van der Waals surface area contributed by atoms with Gasteiger partial charge in [0.1, 0.15) is 6.61 Å². The third kappa shape index (κ3) is 4.56. The van der Waals surface area contributed by atoms with E-state index < -0.39 is 0 Å². The Balaban J connectivity index is 1.23. The van der Waals surface area contributed by atoms with Gasteiger partial charge in [-0.2, -0.15) is 0 Å². The first-order valence-corrected chi connectivity index (χ1v) is 18.7. The van der Waals surface area contributed by atoms with E-state index in [-0.39, 0.29) is 33.0 Å². The van der Waals surface area contributed by atoms with Crippen LogP contribution in [0.1, 0.15) is 117 Å². The minimum absolute atomic E-state index is 0.0479. The lowest BCUT2D eigenvalue weighted by molar-refractivity contribution is -0.228. The molecule has 0 aromatic heterocycles. The molecule has 0 spiro atoms. The topological polar surface area (TPSA) is 43.4 Å². The zero-order valence-electron chi connectivity index (χ0n) is 30.3. The van der Waals surface area contributed by atoms with Crippen LogP contribution in [-0.4, -0.2) is 11.8 Å². The van der Waals surface area contributed by atoms with Crippen LogP contribution in [0.5, 0.6) is 0 Å². The molecule has 5 aliphatic rings. The molecular formula is C44H58O3. The van der Waals surface area contributed by atoms with Gasteiger partial charge in [-0.15, -0.1) is 0 Å². The Morgan fingerprint density at radius 1 is 0.809 bits per heavy atom. The molecule has 9 atom stereocenters. The quantitative estimate of drug-likeness (QED) is 0.307. The molecule has 0 saturated heterocycles. The lowest BCUT2D eigenvalue weighted by Crippen LogP contribution is -2.67. The van der Waals surface area contributed by atoms with Gasteiger partial charge in [-0.3, -0.25) is 9.59 Å². The summed E-state index contributed by atoms with van der Waals surface area (Å²) in [6.45, 7) is 19.6. The van der Waals surface area contributed by atoms with Crippen LogP contribution in [0.4, 0.5) is 0 Å². The number of carbonyl (C=O) groups excluding carboxylic acids is 2. The number of carbonyl (C=O) groups is 2. The van der Waals surface area contributed by atoms with Crippen molar-refractivity contribution in [1.29, 1.82) is 0 Å². The highest BCUT2D eigenvalue weighted by Gasteiger charge is 2.73. The van der Waals surface area contributed by atoms with E-state index in [4.69, 9.17) is 4.74 Å². The zero-order chi connectivity index (χ0) is 33.6. The van der Waals surface area contributed by atoms with Gasteiger partial charge < -0.3 is 4.74 Å². The van der Waals surface area contributed by atoms with Gasteiger partial charge in [0.25, 0.3) is 0 Å². The van der Waals surface area contributed by atoms with Crippen LogP contribution in [0.15, 0.2) is 60.7 Å². The maximum Gasteiger partial charge on any atom is 0.312 e. The number of allylic oxidation sites excluding steroid dienone is 2. The molecule has 3 nitrogen and oxygen atoms in total. The molecular weight excluding hydrogens is 576 g/mol. The van der Waals surface area contributed by atoms with Gasteiger partial charge >= 0.3 is 5.97 Å². The predicted octanol–water partition coefficient (Wildman–Crippen LogP) is 10.6. The molecule has 3 heteroatoms. The number of benzene rings is 2. The van der Waals surface area contributed by atoms with Gasteiger partial charge in [-0.05, 0) is 133 Å². The summed E-state index contributed by atoms with van der Waals surface area (Å²) in [6, 6.07) is 18.9. The lowest BCUT2D eigenvalue weighted by Gasteiger charge is -2.71. The average Bonchev–Trinajstić information content (AvgIpc) is 3.44. The van der Waals surface area contributed by atoms with Crippen LogP contribution in [0.25, 0.3) is 5.57 Å². The molecule has 0 unspecified atom stereocenters. The summed E-state index contributed by atoms with van der Waals surface area (Å²) in [4.78, 5) is 29.0. The van der Waals surface area contributed by atoms with Crippen molar-refractivity contribution in [3.05, 3.63) is 77.4 Å². The molecule has 0 N–H and O–H groups in total. The third-order valence-corrected chi connectivity index (χ3v) is 15.8. The fraction of sp³-hybridized carbons (Fsp3) is 0.636. The number of esters is 1. The minimum Gasteiger partial charge on any atom is -0.460 e. The van der Waals surface area contributed by atoms with Crippen LogP contribution >= 0.6 is 0 Å². The summed E-state index contributed by atoms with van der Waals surface area (Å²) >= 11 is 0. The van der Waals surface area contributed by atoms with Crippen molar-refractivity contribution in [2.24, 2.45) is 62.6 Å². The molecule has 2 aromatic rings. The van der Waals surface area contributed by atoms with E-state index in [0.717, 1.165) is 56.9 Å². The molecule has 47 heavy (non-hydrogen) atoms. The van der Waals surface area contributed by atoms with Crippen LogP contribution in [0.3, 0.4) is 0 Å². The Morgan fingerprint density at radius 3 is 2.19 bits per heavy atom. The Morgan fingerprint density at radius 2 is 1.51 bits per heavy atom. The van der Waals surface area contributed by atoms with Gasteiger partial charge in [0.2, 0.25) is 0 Å². The number of aryl methyl sites for hydroxylation is 1. The summed E-state index contributed by atoms with van der Waals surface area (Å²) in [5.74, 6) is 2.95. The maximum atomic E-state index is 14.7. The summed E-state index contributed by atoms with van der Waals surface area (Å²) in [7, 11) is 0. The molecule has 4 fully saturated rings. The molecule has 252 valence electrons. The van der Waals surface area contributed by atoms with Crippen molar-refractivity contribution in [3.8, 4) is 0 Å². The van der Waals surface area contributed by atoms with Gasteiger partial charge in [-0.1, -0.05) is 109 Å². The molecule has 0 amide bonds. The normalized spacial score (nSPS) is 40.5. The predicted molar refractivity (Wildman–Crippen MR) is 190 cm³/mol. The number of ketones is 1. The summed E-state index contributed by atoms with van der Waals surface area (Å²) in [5.41, 5.74) is 4.01. The monoisotopic (exact) mass is 634 g/mol. The van der Waals surface area contributed by atoms with Crippen LogP contribution in [0.2, 0.25) is 0 Å². The molecule has 2 aromatic carbocycles. The van der Waals surface area contributed by atoms with Crippen molar-refractivity contribution in [2.75, 3.05) is 0 Å². The maximum absolute atomic E-state index is 14.7. The SMILES string of the molecule is Cc1ccc(C2=CC(=O)[C@]3(C)[C@H]4CC[C@@H]5[C@H]6[C@H](C(C)C)CC[C@]6(C(=O)OCc6ccccc6)CC[C@@]5(C)[C@]4(C)CC[C@H]3C2(C)C)cc1. The molecule has 0 heterocycles. The van der Waals surface area contributed by atoms with Gasteiger partial charge in [-0.25, -0.2) is 0 Å². The second kappa shape index (κ2) is 11.2. The first kappa shape index (κ1) is 32.8. The highest BCUT2D eigenvalue weighted by atomic mass is 16.5. The van der Waals surface area contributed by atoms with E-state index in [0.29, 0.717) is 47.9 Å². The fourth-order valence-corrected chi connectivity index (χ4v) is 13.2. The molecule has 7 rings (SSSR count). The third-order valence-electron chi connectivity index (χ3n) is 15.8. The standard InChI is InChI=1S/C44H58O3/c1-28(2)32-20-23-44(39(46)47-27-30-12-10-9-11-13-30)25-24-41(6)33(38(32)44)18-19-36-42(41,7)22-21-35-40(4,5)34(26-37(45)43(35,36)8)31-16-14-29(3)15-17-31/h9-17,26,28,32-33,35-36,38H,18-25,27H2,1-8H3/t32-,33+,35-,36-,38+,41+,42+,43-,44-/m0/s1. The van der Waals surface area contributed by atoms with Gasteiger partial charge in [0.15, 0.2) is 5.78 Å². The van der Waals surface area contributed by atoms with Crippen molar-refractivity contribution in [2.45, 2.75) is 113 Å². The van der Waals surface area contributed by atoms with Gasteiger partial charge in [0.05, 0.1) is 5.41 Å². The zero-order valence-corrected chi connectivity index (χ0v) is 30.3. The first-order valence-electron chi connectivity index (χ1n) is 18.7. The molecule has 0 radical (unpaired) electrons. The summed E-state index contributed by atoms with van der Waals surface area (Å²) in [6.07, 6.45) is 10.5. The van der Waals surface area contributed by atoms with E-state index in [1.165, 1.54) is 16.7 Å². The Kier molecular flexibility index (Phi) is 7.81. The Bertz CT molecular complexity index is 1570.